The first-order valence-corrected chi connectivity index (χ1v) is 6.56. The van der Waals surface area contributed by atoms with Gasteiger partial charge in [0.25, 0.3) is 0 Å². The molecule has 0 bridgehead atoms. The summed E-state index contributed by atoms with van der Waals surface area (Å²) >= 11 is 0. The van der Waals surface area contributed by atoms with E-state index in [4.69, 9.17) is 5.73 Å². The zero-order valence-corrected chi connectivity index (χ0v) is 11.8. The number of carbonyl (C=O) groups excluding carboxylic acids is 1. The Kier molecular flexibility index (Phi) is 5.35. The summed E-state index contributed by atoms with van der Waals surface area (Å²) in [5.41, 5.74) is 8.89. The largest absolute Gasteiger partial charge is 0.328 e. The molecule has 3 nitrogen and oxygen atoms in total. The van der Waals surface area contributed by atoms with E-state index in [1.807, 2.05) is 13.8 Å². The SMILES string of the molecule is Cc1ccc(C(C)C)cc1NC(=O)CCC(C)N. The Labute approximate surface area is 110 Å². The molecule has 0 saturated carbocycles. The second kappa shape index (κ2) is 6.55. The maximum Gasteiger partial charge on any atom is 0.224 e. The first-order chi connectivity index (χ1) is 8.40. The molecule has 0 spiro atoms. The number of hydrogen-bond donors (Lipinski definition) is 2. The quantitative estimate of drug-likeness (QED) is 0.840. The Morgan fingerprint density at radius 3 is 2.56 bits per heavy atom. The highest BCUT2D eigenvalue weighted by Crippen LogP contribution is 2.22. The molecule has 0 fully saturated rings. The number of nitrogens with two attached hydrogens (primary N) is 1. The second-order valence-electron chi connectivity index (χ2n) is 5.29. The predicted octanol–water partition coefficient (Wildman–Crippen LogP) is 3.18. The van der Waals surface area contributed by atoms with Crippen molar-refractivity contribution in [3.63, 3.8) is 0 Å². The summed E-state index contributed by atoms with van der Waals surface area (Å²) in [5.74, 6) is 0.502. The molecule has 0 heterocycles. The molecule has 0 saturated heterocycles. The second-order valence-corrected chi connectivity index (χ2v) is 5.29. The number of carbonyl (C=O) groups is 1. The first-order valence-electron chi connectivity index (χ1n) is 6.56. The standard InChI is InChI=1S/C15H24N2O/c1-10(2)13-7-5-11(3)14(9-13)17-15(18)8-6-12(4)16/h5,7,9-10,12H,6,8,16H2,1-4H3,(H,17,18). The topological polar surface area (TPSA) is 55.1 Å². The molecular formula is C15H24N2O. The van der Waals surface area contributed by atoms with E-state index in [0.717, 1.165) is 17.7 Å². The van der Waals surface area contributed by atoms with Gasteiger partial charge in [0, 0.05) is 18.2 Å². The number of aryl methyl sites for hydroxylation is 1. The molecule has 1 aromatic rings. The van der Waals surface area contributed by atoms with E-state index in [1.54, 1.807) is 0 Å². The summed E-state index contributed by atoms with van der Waals surface area (Å²) in [6, 6.07) is 6.29. The van der Waals surface area contributed by atoms with Crippen LogP contribution in [0.5, 0.6) is 0 Å². The van der Waals surface area contributed by atoms with Crippen LogP contribution in [0.2, 0.25) is 0 Å². The monoisotopic (exact) mass is 248 g/mol. The van der Waals surface area contributed by atoms with Crippen LogP contribution in [0.25, 0.3) is 0 Å². The zero-order valence-electron chi connectivity index (χ0n) is 11.8. The Morgan fingerprint density at radius 1 is 1.33 bits per heavy atom. The maximum atomic E-state index is 11.8. The lowest BCUT2D eigenvalue weighted by atomic mass is 10.0. The maximum absolute atomic E-state index is 11.8. The lowest BCUT2D eigenvalue weighted by Gasteiger charge is -2.13. The Bertz CT molecular complexity index is 411. The third-order valence-corrected chi connectivity index (χ3v) is 3.03. The average molecular weight is 248 g/mol. The fourth-order valence-corrected chi connectivity index (χ4v) is 1.70. The van der Waals surface area contributed by atoms with Crippen molar-refractivity contribution in [2.75, 3.05) is 5.32 Å². The van der Waals surface area contributed by atoms with Gasteiger partial charge in [-0.15, -0.1) is 0 Å². The zero-order chi connectivity index (χ0) is 13.7. The van der Waals surface area contributed by atoms with E-state index in [0.29, 0.717) is 12.3 Å². The van der Waals surface area contributed by atoms with Crippen LogP contribution in [0.1, 0.15) is 50.7 Å². The van der Waals surface area contributed by atoms with Crippen molar-refractivity contribution in [2.24, 2.45) is 5.73 Å². The van der Waals surface area contributed by atoms with Crippen molar-refractivity contribution in [2.45, 2.75) is 52.5 Å². The Hall–Kier alpha value is -1.35. The van der Waals surface area contributed by atoms with Gasteiger partial charge >= 0.3 is 0 Å². The van der Waals surface area contributed by atoms with Gasteiger partial charge in [0.15, 0.2) is 0 Å². The highest BCUT2D eigenvalue weighted by atomic mass is 16.1. The molecular weight excluding hydrogens is 224 g/mol. The first kappa shape index (κ1) is 14.7. The number of nitrogens with one attached hydrogen (secondary N) is 1. The van der Waals surface area contributed by atoms with Crippen LogP contribution in [0.15, 0.2) is 18.2 Å². The van der Waals surface area contributed by atoms with E-state index in [2.05, 4.69) is 37.4 Å². The smallest absolute Gasteiger partial charge is 0.224 e. The molecule has 3 heteroatoms. The van der Waals surface area contributed by atoms with Crippen molar-refractivity contribution in [3.05, 3.63) is 29.3 Å². The van der Waals surface area contributed by atoms with Crippen molar-refractivity contribution in [1.82, 2.24) is 0 Å². The lowest BCUT2D eigenvalue weighted by Crippen LogP contribution is -2.19. The number of benzene rings is 1. The number of anilines is 1. The number of hydrogen-bond acceptors (Lipinski definition) is 2. The van der Waals surface area contributed by atoms with Crippen molar-refractivity contribution in [3.8, 4) is 0 Å². The number of amides is 1. The summed E-state index contributed by atoms with van der Waals surface area (Å²) in [6.07, 6.45) is 1.19. The predicted molar refractivity (Wildman–Crippen MR) is 76.8 cm³/mol. The van der Waals surface area contributed by atoms with Gasteiger partial charge in [0.1, 0.15) is 0 Å². The van der Waals surface area contributed by atoms with Gasteiger partial charge in [-0.25, -0.2) is 0 Å². The van der Waals surface area contributed by atoms with Crippen LogP contribution < -0.4 is 11.1 Å². The normalized spacial score (nSPS) is 12.6. The molecule has 1 aromatic carbocycles. The van der Waals surface area contributed by atoms with Gasteiger partial charge in [-0.05, 0) is 43.4 Å². The molecule has 0 aliphatic carbocycles. The van der Waals surface area contributed by atoms with E-state index in [9.17, 15) is 4.79 Å². The molecule has 18 heavy (non-hydrogen) atoms. The van der Waals surface area contributed by atoms with Gasteiger partial charge in [0.05, 0.1) is 0 Å². The summed E-state index contributed by atoms with van der Waals surface area (Å²) in [4.78, 5) is 11.8. The summed E-state index contributed by atoms with van der Waals surface area (Å²) in [6.45, 7) is 8.21. The van der Waals surface area contributed by atoms with Gasteiger partial charge in [-0.1, -0.05) is 26.0 Å². The van der Waals surface area contributed by atoms with Crippen molar-refractivity contribution < 1.29 is 4.79 Å². The van der Waals surface area contributed by atoms with Gasteiger partial charge in [-0.3, -0.25) is 4.79 Å². The average Bonchev–Trinajstić information content (AvgIpc) is 2.29. The van der Waals surface area contributed by atoms with Crippen LogP contribution in [-0.2, 0) is 4.79 Å². The van der Waals surface area contributed by atoms with Crippen LogP contribution in [0.4, 0.5) is 5.69 Å². The number of rotatable bonds is 5. The summed E-state index contributed by atoms with van der Waals surface area (Å²) in [5, 5.41) is 2.97. The van der Waals surface area contributed by atoms with Gasteiger partial charge in [-0.2, -0.15) is 0 Å². The molecule has 3 N–H and O–H groups in total. The van der Waals surface area contributed by atoms with E-state index in [1.165, 1.54) is 5.56 Å². The summed E-state index contributed by atoms with van der Waals surface area (Å²) in [7, 11) is 0. The van der Waals surface area contributed by atoms with Gasteiger partial charge < -0.3 is 11.1 Å². The molecule has 100 valence electrons. The lowest BCUT2D eigenvalue weighted by molar-refractivity contribution is -0.116. The van der Waals surface area contributed by atoms with E-state index < -0.39 is 0 Å². The highest BCUT2D eigenvalue weighted by Gasteiger charge is 2.08. The van der Waals surface area contributed by atoms with Crippen LogP contribution in [0, 0.1) is 6.92 Å². The molecule has 0 radical (unpaired) electrons. The Balaban J connectivity index is 2.71. The van der Waals surface area contributed by atoms with Crippen LogP contribution in [0.3, 0.4) is 0 Å². The minimum Gasteiger partial charge on any atom is -0.328 e. The van der Waals surface area contributed by atoms with Crippen LogP contribution in [-0.4, -0.2) is 11.9 Å². The fraction of sp³-hybridized carbons (Fsp3) is 0.533. The van der Waals surface area contributed by atoms with Crippen LogP contribution >= 0.6 is 0 Å². The molecule has 0 aliphatic heterocycles. The Morgan fingerprint density at radius 2 is 2.00 bits per heavy atom. The minimum atomic E-state index is 0.0382. The van der Waals surface area contributed by atoms with E-state index in [-0.39, 0.29) is 11.9 Å². The third kappa shape index (κ3) is 4.49. The van der Waals surface area contributed by atoms with Crippen molar-refractivity contribution in [1.29, 1.82) is 0 Å². The van der Waals surface area contributed by atoms with Crippen molar-refractivity contribution >= 4 is 11.6 Å². The highest BCUT2D eigenvalue weighted by molar-refractivity contribution is 5.91. The molecule has 0 aromatic heterocycles. The molecule has 1 rings (SSSR count). The molecule has 1 amide bonds. The fourth-order valence-electron chi connectivity index (χ4n) is 1.70. The van der Waals surface area contributed by atoms with Gasteiger partial charge in [0.2, 0.25) is 5.91 Å². The minimum absolute atomic E-state index is 0.0382. The summed E-state index contributed by atoms with van der Waals surface area (Å²) < 4.78 is 0. The third-order valence-electron chi connectivity index (χ3n) is 3.03. The molecule has 1 unspecified atom stereocenters. The molecule has 0 aliphatic rings. The molecule has 1 atom stereocenters. The van der Waals surface area contributed by atoms with E-state index >= 15 is 0 Å².